The summed E-state index contributed by atoms with van der Waals surface area (Å²) in [5.41, 5.74) is 9.80. The van der Waals surface area contributed by atoms with E-state index in [1.807, 2.05) is 12.1 Å². The lowest BCUT2D eigenvalue weighted by atomic mass is 9.89. The second-order valence-corrected chi connectivity index (χ2v) is 6.92. The van der Waals surface area contributed by atoms with Gasteiger partial charge in [-0.15, -0.1) is 0 Å². The number of aromatic nitrogens is 2. The molecule has 2 nitrogen and oxygen atoms in total. The summed E-state index contributed by atoms with van der Waals surface area (Å²) < 4.78 is 0. The number of rotatable bonds is 0. The van der Waals surface area contributed by atoms with E-state index in [9.17, 15) is 0 Å². The van der Waals surface area contributed by atoms with Crippen LogP contribution in [0.2, 0.25) is 0 Å². The van der Waals surface area contributed by atoms with Gasteiger partial charge in [-0.3, -0.25) is 0 Å². The molecule has 0 aliphatic heterocycles. The Kier molecular flexibility index (Phi) is 3.75. The lowest BCUT2D eigenvalue weighted by Gasteiger charge is -2.17. The molecule has 0 atom stereocenters. The van der Waals surface area contributed by atoms with E-state index in [-0.39, 0.29) is 0 Å². The minimum absolute atomic E-state index is 0.937. The molecular formula is C24H20N2. The van der Waals surface area contributed by atoms with Gasteiger partial charge < -0.3 is 0 Å². The first-order valence-electron chi connectivity index (χ1n) is 9.29. The number of fused-ring (bicyclic) bond motifs is 5. The average Bonchev–Trinajstić information content (AvgIpc) is 2.70. The summed E-state index contributed by atoms with van der Waals surface area (Å²) in [6.07, 6.45) is 3.85. The van der Waals surface area contributed by atoms with E-state index in [0.29, 0.717) is 0 Å². The molecule has 5 rings (SSSR count). The van der Waals surface area contributed by atoms with Crippen LogP contribution in [0.4, 0.5) is 0 Å². The number of para-hydroxylation sites is 2. The van der Waals surface area contributed by atoms with Crippen molar-refractivity contribution in [3.63, 3.8) is 0 Å². The number of hydrogen-bond acceptors (Lipinski definition) is 2. The summed E-state index contributed by atoms with van der Waals surface area (Å²) in [4.78, 5) is 9.91. The van der Waals surface area contributed by atoms with Crippen molar-refractivity contribution in [1.29, 1.82) is 0 Å². The van der Waals surface area contributed by atoms with Gasteiger partial charge in [-0.2, -0.15) is 0 Å². The number of nitrogens with zero attached hydrogens (tertiary/aromatic N) is 2. The minimum Gasteiger partial charge on any atom is -0.249 e. The van der Waals surface area contributed by atoms with Crippen molar-refractivity contribution in [2.45, 2.75) is 25.7 Å². The van der Waals surface area contributed by atoms with E-state index in [1.165, 1.54) is 22.3 Å². The molecule has 0 saturated carbocycles. The Labute approximate surface area is 153 Å². The van der Waals surface area contributed by atoms with E-state index in [2.05, 4.69) is 60.7 Å². The van der Waals surface area contributed by atoms with E-state index in [0.717, 1.165) is 48.1 Å². The third-order valence-electron chi connectivity index (χ3n) is 5.31. The van der Waals surface area contributed by atoms with Gasteiger partial charge in [0.05, 0.1) is 22.4 Å². The zero-order valence-corrected chi connectivity index (χ0v) is 14.7. The first-order valence-corrected chi connectivity index (χ1v) is 9.29. The van der Waals surface area contributed by atoms with Crippen LogP contribution in [-0.2, 0) is 25.7 Å². The standard InChI is InChI=1S/C24H20N2/c1-3-9-19-17(7-1)13-15-23-24(16-14-18-8-2-4-10-20(18)19)26-22-12-6-5-11-21(22)25-23/h1-12H,13-16H2. The smallest absolute Gasteiger partial charge is 0.0890 e. The van der Waals surface area contributed by atoms with Gasteiger partial charge in [0.25, 0.3) is 0 Å². The van der Waals surface area contributed by atoms with Crippen LogP contribution in [0.25, 0.3) is 22.2 Å². The van der Waals surface area contributed by atoms with Gasteiger partial charge in [0, 0.05) is 0 Å². The van der Waals surface area contributed by atoms with Crippen molar-refractivity contribution in [2.24, 2.45) is 0 Å². The second-order valence-electron chi connectivity index (χ2n) is 6.92. The molecule has 126 valence electrons. The minimum atomic E-state index is 0.937. The second kappa shape index (κ2) is 6.38. The number of hydrogen-bond donors (Lipinski definition) is 0. The molecule has 0 fully saturated rings. The Morgan fingerprint density at radius 1 is 0.462 bits per heavy atom. The Morgan fingerprint density at radius 2 is 0.885 bits per heavy atom. The molecule has 1 heterocycles. The zero-order valence-electron chi connectivity index (χ0n) is 14.7. The topological polar surface area (TPSA) is 25.8 Å². The molecule has 0 saturated heterocycles. The van der Waals surface area contributed by atoms with Gasteiger partial charge >= 0.3 is 0 Å². The molecule has 2 heteroatoms. The zero-order chi connectivity index (χ0) is 17.3. The lowest BCUT2D eigenvalue weighted by molar-refractivity contribution is 0.829. The molecular weight excluding hydrogens is 316 g/mol. The predicted octanol–water partition coefficient (Wildman–Crippen LogP) is 5.18. The molecule has 1 aromatic heterocycles. The summed E-state index contributed by atoms with van der Waals surface area (Å²) in [7, 11) is 0. The Morgan fingerprint density at radius 3 is 1.38 bits per heavy atom. The van der Waals surface area contributed by atoms with Crippen molar-refractivity contribution in [3.05, 3.63) is 95.3 Å². The molecule has 1 aliphatic rings. The average molecular weight is 336 g/mol. The van der Waals surface area contributed by atoms with Crippen LogP contribution in [0.15, 0.2) is 72.8 Å². The first kappa shape index (κ1) is 15.3. The fraction of sp³-hybridized carbons (Fsp3) is 0.167. The molecule has 1 aliphatic carbocycles. The summed E-state index contributed by atoms with van der Waals surface area (Å²) >= 11 is 0. The SMILES string of the molecule is c1ccc2c(c1)CCc1nc3ccccc3nc1CCc1ccccc1-2. The maximum absolute atomic E-state index is 4.96. The molecule has 0 radical (unpaired) electrons. The molecule has 0 unspecified atom stereocenters. The van der Waals surface area contributed by atoms with Gasteiger partial charge in [-0.05, 0) is 60.1 Å². The van der Waals surface area contributed by atoms with Crippen molar-refractivity contribution < 1.29 is 0 Å². The maximum Gasteiger partial charge on any atom is 0.0890 e. The van der Waals surface area contributed by atoms with E-state index >= 15 is 0 Å². The molecule has 0 spiro atoms. The van der Waals surface area contributed by atoms with Crippen molar-refractivity contribution in [1.82, 2.24) is 9.97 Å². The molecule has 0 amide bonds. The molecule has 0 N–H and O–H groups in total. The van der Waals surface area contributed by atoms with Crippen LogP contribution < -0.4 is 0 Å². The Balaban J connectivity index is 1.68. The lowest BCUT2D eigenvalue weighted by Crippen LogP contribution is -2.08. The summed E-state index contributed by atoms with van der Waals surface area (Å²) in [5, 5.41) is 0. The van der Waals surface area contributed by atoms with Crippen LogP contribution in [0.1, 0.15) is 22.5 Å². The summed E-state index contributed by atoms with van der Waals surface area (Å²) in [6, 6.07) is 25.8. The maximum atomic E-state index is 4.96. The highest BCUT2D eigenvalue weighted by molar-refractivity contribution is 5.74. The highest BCUT2D eigenvalue weighted by Gasteiger charge is 2.15. The van der Waals surface area contributed by atoms with Gasteiger partial charge in [0.1, 0.15) is 0 Å². The molecule has 3 aromatic carbocycles. The Hall–Kier alpha value is -3.00. The van der Waals surface area contributed by atoms with Gasteiger partial charge in [0.2, 0.25) is 0 Å². The monoisotopic (exact) mass is 336 g/mol. The highest BCUT2D eigenvalue weighted by atomic mass is 14.8. The fourth-order valence-electron chi connectivity index (χ4n) is 3.98. The van der Waals surface area contributed by atoms with Crippen LogP contribution in [0, 0.1) is 0 Å². The van der Waals surface area contributed by atoms with E-state index in [4.69, 9.17) is 9.97 Å². The normalized spacial score (nSPS) is 13.5. The van der Waals surface area contributed by atoms with Gasteiger partial charge in [0.15, 0.2) is 0 Å². The molecule has 26 heavy (non-hydrogen) atoms. The van der Waals surface area contributed by atoms with Crippen LogP contribution in [0.5, 0.6) is 0 Å². The number of aryl methyl sites for hydroxylation is 4. The quantitative estimate of drug-likeness (QED) is 0.442. The van der Waals surface area contributed by atoms with Crippen molar-refractivity contribution >= 4 is 11.0 Å². The third kappa shape index (κ3) is 2.68. The summed E-state index contributed by atoms with van der Waals surface area (Å²) in [5.74, 6) is 0. The molecule has 0 bridgehead atoms. The number of benzene rings is 3. The van der Waals surface area contributed by atoms with Crippen molar-refractivity contribution in [2.75, 3.05) is 0 Å². The highest BCUT2D eigenvalue weighted by Crippen LogP contribution is 2.30. The van der Waals surface area contributed by atoms with Crippen molar-refractivity contribution in [3.8, 4) is 11.1 Å². The Bertz CT molecular complexity index is 1010. The third-order valence-corrected chi connectivity index (χ3v) is 5.31. The largest absolute Gasteiger partial charge is 0.249 e. The van der Waals surface area contributed by atoms with Crippen LogP contribution >= 0.6 is 0 Å². The molecule has 4 aromatic rings. The van der Waals surface area contributed by atoms with E-state index in [1.54, 1.807) is 0 Å². The first-order chi connectivity index (χ1) is 12.9. The predicted molar refractivity (Wildman–Crippen MR) is 106 cm³/mol. The van der Waals surface area contributed by atoms with Crippen LogP contribution in [0.3, 0.4) is 0 Å². The van der Waals surface area contributed by atoms with Crippen LogP contribution in [-0.4, -0.2) is 9.97 Å². The van der Waals surface area contributed by atoms with Gasteiger partial charge in [-0.1, -0.05) is 60.7 Å². The fourth-order valence-corrected chi connectivity index (χ4v) is 3.98. The van der Waals surface area contributed by atoms with Gasteiger partial charge in [-0.25, -0.2) is 9.97 Å². The van der Waals surface area contributed by atoms with E-state index < -0.39 is 0 Å². The summed E-state index contributed by atoms with van der Waals surface area (Å²) in [6.45, 7) is 0.